The summed E-state index contributed by atoms with van der Waals surface area (Å²) in [5.74, 6) is 1.39. The third kappa shape index (κ3) is 32.4. The molecule has 2 amide bonds. The van der Waals surface area contributed by atoms with Crippen LogP contribution in [0.5, 0.6) is 5.75 Å². The Morgan fingerprint density at radius 2 is 1.17 bits per heavy atom. The quantitative estimate of drug-likeness (QED) is 0.0142. The van der Waals surface area contributed by atoms with Gasteiger partial charge in [0.2, 0.25) is 17.6 Å². The smallest absolute Gasteiger partial charge is 0.313 e. The Morgan fingerprint density at radius 3 is 1.69 bits per heavy atom. The summed E-state index contributed by atoms with van der Waals surface area (Å²) < 4.78 is 119. The molecule has 0 saturated carbocycles. The Labute approximate surface area is 576 Å². The number of imidazole rings is 1. The van der Waals surface area contributed by atoms with Crippen LogP contribution in [-0.2, 0) is 88.9 Å². The molecule has 3 aromatic rings. The van der Waals surface area contributed by atoms with Gasteiger partial charge < -0.3 is 86.9 Å². The molecule has 0 aliphatic carbocycles. The molecule has 4 heterocycles. The van der Waals surface area contributed by atoms with Crippen molar-refractivity contribution in [3.05, 3.63) is 82.7 Å². The molecule has 4 atom stereocenters. The van der Waals surface area contributed by atoms with E-state index in [0.717, 1.165) is 81.4 Å². The number of nitrogens with one attached hydrogen (secondary N) is 1. The van der Waals surface area contributed by atoms with E-state index in [0.29, 0.717) is 214 Å². The minimum atomic E-state index is -1.31. The molecular weight excluding hydrogens is 1280 g/mol. The Bertz CT molecular complexity index is 2710. The van der Waals surface area contributed by atoms with E-state index >= 15 is 0 Å². The molecule has 25 nitrogen and oxygen atoms in total. The number of fused-ring (bicyclic) bond motifs is 1. The number of ether oxygens (including phenoxy) is 14. The van der Waals surface area contributed by atoms with Crippen LogP contribution >= 0.6 is 0 Å². The number of halogens is 3. The highest BCUT2D eigenvalue weighted by Crippen LogP contribution is 2.34. The maximum absolute atomic E-state index is 13.6. The lowest BCUT2D eigenvalue weighted by molar-refractivity contribution is -0.136. The number of esters is 1. The molecule has 552 valence electrons. The van der Waals surface area contributed by atoms with E-state index in [1.54, 1.807) is 6.21 Å². The van der Waals surface area contributed by atoms with Gasteiger partial charge >= 0.3 is 5.97 Å². The van der Waals surface area contributed by atoms with Crippen molar-refractivity contribution < 1.29 is 93.9 Å². The number of benzene rings is 2. The standard InChI is InChI=1S/C70H109F3N8O17/c1-54-13-14-61(80(54)22-15-64(57-9-5-4-6-10-57)77-70(84)58-17-23-85-24-18-58)49-55(2)81-56(3)76-65-53-79(21-16-66(65)81)67(82)12-8-7-11-60(78-74)52-75-20-26-87-28-30-89-32-34-91-36-38-93-40-42-95-44-46-97-48-47-96-45-43-94-41-39-92-37-35-90-33-31-88-29-27-86-25-19-68(83)98-69-62(72)50-59(71)51-63(69)73/h4-6,9-10,50-52,54-55,58,61,64H,7-8,11-49,53,74H2,1-3H3,(H,77,84)/b75-52?,78-60-. The number of amides is 2. The van der Waals surface area contributed by atoms with Crippen LogP contribution in [0, 0.1) is 30.3 Å². The zero-order chi connectivity index (χ0) is 69.6. The summed E-state index contributed by atoms with van der Waals surface area (Å²) in [4.78, 5) is 52.7. The van der Waals surface area contributed by atoms with Gasteiger partial charge in [0.25, 0.3) is 0 Å². The third-order valence-corrected chi connectivity index (χ3v) is 16.9. The summed E-state index contributed by atoms with van der Waals surface area (Å²) >= 11 is 0. The number of hydrogen-bond acceptors (Lipinski definition) is 22. The van der Waals surface area contributed by atoms with Crippen molar-refractivity contribution in [2.24, 2.45) is 21.9 Å². The lowest BCUT2D eigenvalue weighted by Crippen LogP contribution is -2.41. The van der Waals surface area contributed by atoms with Crippen molar-refractivity contribution in [1.29, 1.82) is 0 Å². The van der Waals surface area contributed by atoms with Crippen LogP contribution in [-0.4, -0.2) is 253 Å². The van der Waals surface area contributed by atoms with Crippen molar-refractivity contribution >= 4 is 29.7 Å². The van der Waals surface area contributed by atoms with E-state index in [-0.39, 0.29) is 56.1 Å². The lowest BCUT2D eigenvalue weighted by Gasteiger charge is -2.33. The molecule has 0 bridgehead atoms. The summed E-state index contributed by atoms with van der Waals surface area (Å²) in [5, 5.41) is 7.35. The molecule has 28 heteroatoms. The predicted molar refractivity (Wildman–Crippen MR) is 360 cm³/mol. The number of aromatic nitrogens is 2. The van der Waals surface area contributed by atoms with Gasteiger partial charge in [-0.15, -0.1) is 0 Å². The molecule has 3 N–H and O–H groups in total. The molecule has 4 unspecified atom stereocenters. The van der Waals surface area contributed by atoms with Crippen LogP contribution in [0.1, 0.15) is 119 Å². The fourth-order valence-corrected chi connectivity index (χ4v) is 11.8. The van der Waals surface area contributed by atoms with Crippen LogP contribution in [0.25, 0.3) is 0 Å². The van der Waals surface area contributed by atoms with Crippen LogP contribution in [0.15, 0.2) is 52.6 Å². The monoisotopic (exact) mass is 1390 g/mol. The van der Waals surface area contributed by atoms with Gasteiger partial charge in [-0.1, -0.05) is 30.3 Å². The van der Waals surface area contributed by atoms with Gasteiger partial charge in [-0.25, -0.2) is 18.2 Å². The first kappa shape index (κ1) is 81.4. The van der Waals surface area contributed by atoms with E-state index in [1.165, 1.54) is 5.69 Å². The second-order valence-electron chi connectivity index (χ2n) is 24.2. The van der Waals surface area contributed by atoms with Gasteiger partial charge in [0, 0.05) is 87.2 Å². The first-order valence-electron chi connectivity index (χ1n) is 35.0. The van der Waals surface area contributed by atoms with E-state index in [9.17, 15) is 27.6 Å². The van der Waals surface area contributed by atoms with E-state index < -0.39 is 29.2 Å². The predicted octanol–water partition coefficient (Wildman–Crippen LogP) is 7.11. The summed E-state index contributed by atoms with van der Waals surface area (Å²) in [6.07, 6.45) is 10.5. The Morgan fingerprint density at radius 1 is 0.673 bits per heavy atom. The number of carbonyl (C=O) groups is 3. The van der Waals surface area contributed by atoms with Crippen molar-refractivity contribution in [1.82, 2.24) is 24.7 Å². The van der Waals surface area contributed by atoms with E-state index in [1.807, 2.05) is 11.0 Å². The van der Waals surface area contributed by atoms with Gasteiger partial charge in [-0.2, -0.15) is 5.10 Å². The zero-order valence-electron chi connectivity index (χ0n) is 58.0. The maximum atomic E-state index is 13.6. The molecule has 3 aliphatic heterocycles. The normalized spacial score (nSPS) is 16.9. The van der Waals surface area contributed by atoms with Gasteiger partial charge in [0.05, 0.1) is 196 Å². The van der Waals surface area contributed by atoms with E-state index in [2.05, 4.69) is 74.7 Å². The highest BCUT2D eigenvalue weighted by molar-refractivity contribution is 6.30. The fraction of sp³-hybridized carbons (Fsp3) is 0.714. The van der Waals surface area contributed by atoms with Gasteiger partial charge in [0.15, 0.2) is 11.6 Å². The number of hydrogen-bond donors (Lipinski definition) is 2. The fourth-order valence-electron chi connectivity index (χ4n) is 11.8. The number of rotatable bonds is 55. The first-order chi connectivity index (χ1) is 47.9. The molecule has 6 rings (SSSR count). The third-order valence-electron chi connectivity index (χ3n) is 16.9. The molecule has 2 aromatic carbocycles. The van der Waals surface area contributed by atoms with Crippen molar-refractivity contribution in [2.75, 3.05) is 191 Å². The minimum Gasteiger partial charge on any atom is -0.420 e. The van der Waals surface area contributed by atoms with Crippen molar-refractivity contribution in [2.45, 2.75) is 129 Å². The number of nitrogens with two attached hydrogens (primary N) is 1. The average molecular weight is 1390 g/mol. The topological polar surface area (TPSA) is 267 Å². The molecule has 2 fully saturated rings. The lowest BCUT2D eigenvalue weighted by atomic mass is 9.97. The molecule has 1 aromatic heterocycles. The highest BCUT2D eigenvalue weighted by Gasteiger charge is 2.35. The number of unbranched alkanes of at least 4 members (excludes halogenated alkanes) is 1. The van der Waals surface area contributed by atoms with Crippen molar-refractivity contribution in [3.8, 4) is 5.75 Å². The van der Waals surface area contributed by atoms with Crippen LogP contribution in [0.4, 0.5) is 13.2 Å². The Balaban J connectivity index is 0.646. The maximum Gasteiger partial charge on any atom is 0.313 e. The van der Waals surface area contributed by atoms with Crippen LogP contribution in [0.3, 0.4) is 0 Å². The average Bonchev–Trinajstić information content (AvgIpc) is 1.71. The number of likely N-dealkylation sites (tertiary alicyclic amines) is 1. The number of carbonyl (C=O) groups excluding carboxylic acids is 3. The number of aryl methyl sites for hydroxylation is 1. The summed E-state index contributed by atoms with van der Waals surface area (Å²) in [6.45, 7) is 20.0. The molecule has 0 spiro atoms. The molecule has 0 radical (unpaired) electrons. The van der Waals surface area contributed by atoms with Gasteiger partial charge in [-0.3, -0.25) is 24.3 Å². The first-order valence-corrected chi connectivity index (χ1v) is 35.0. The largest absolute Gasteiger partial charge is 0.420 e. The Hall–Kier alpha value is -5.57. The van der Waals surface area contributed by atoms with Gasteiger partial charge in [0.1, 0.15) is 11.6 Å². The van der Waals surface area contributed by atoms with Crippen LogP contribution in [0.2, 0.25) is 0 Å². The number of nitrogens with zero attached hydrogens (tertiary/aromatic N) is 6. The zero-order valence-corrected chi connectivity index (χ0v) is 58.0. The van der Waals surface area contributed by atoms with Crippen molar-refractivity contribution in [3.63, 3.8) is 0 Å². The summed E-state index contributed by atoms with van der Waals surface area (Å²) in [5.41, 5.74) is 4.10. The second-order valence-corrected chi connectivity index (χ2v) is 24.2. The molecule has 2 saturated heterocycles. The Kier molecular flexibility index (Phi) is 41.4. The number of hydrazone groups is 1. The highest BCUT2D eigenvalue weighted by atomic mass is 19.1. The minimum absolute atomic E-state index is 0.00620. The molecular formula is C70H109F3N8O17. The second kappa shape index (κ2) is 49.9. The number of aliphatic imine (C=N–C) groups is 1. The summed E-state index contributed by atoms with van der Waals surface area (Å²) in [6, 6.07) is 12.4. The molecule has 98 heavy (non-hydrogen) atoms. The van der Waals surface area contributed by atoms with Gasteiger partial charge in [-0.05, 0) is 84.1 Å². The van der Waals surface area contributed by atoms with Crippen LogP contribution < -0.4 is 15.9 Å². The SMILES string of the molecule is Cc1nc2c(n1C(C)CC1CCC(C)N1CCC(NC(=O)C1CCOCC1)c1ccccc1)CCN(C(=O)CCCC/C(C=NCCOCCOCCOCCOCCOCCOCCOCCOCCOCCOCCOCCOCCC(=O)Oc1c(F)cc(F)cc1F)=N/N)C2. The molecule has 3 aliphatic rings. The van der Waals surface area contributed by atoms with E-state index in [4.69, 9.17) is 72.4 Å². The summed E-state index contributed by atoms with van der Waals surface area (Å²) in [7, 11) is 0.